The standard InChI is InChI=1S/C12H22N2O.C2H6/c1-3-14-9-6-12(10-11(14)15)4-7-13(2)8-5-12;1-2/h3-10H2,1-2H3;1-2H3. The molecular formula is C14H28N2O. The lowest BCUT2D eigenvalue weighted by atomic mass is 9.71. The lowest BCUT2D eigenvalue weighted by molar-refractivity contribution is -0.139. The molecule has 1 amide bonds. The number of nitrogens with zero attached hydrogens (tertiary/aromatic N) is 2. The summed E-state index contributed by atoms with van der Waals surface area (Å²) in [6, 6.07) is 0. The largest absolute Gasteiger partial charge is 0.343 e. The molecule has 2 rings (SSSR count). The summed E-state index contributed by atoms with van der Waals surface area (Å²) in [6.07, 6.45) is 4.45. The van der Waals surface area contributed by atoms with Gasteiger partial charge in [-0.15, -0.1) is 0 Å². The highest BCUT2D eigenvalue weighted by atomic mass is 16.2. The van der Waals surface area contributed by atoms with Crippen LogP contribution >= 0.6 is 0 Å². The Bertz CT molecular complexity index is 245. The number of piperidine rings is 2. The third-order valence-electron chi connectivity index (χ3n) is 4.22. The van der Waals surface area contributed by atoms with Gasteiger partial charge in [0.15, 0.2) is 0 Å². The topological polar surface area (TPSA) is 23.6 Å². The van der Waals surface area contributed by atoms with Crippen LogP contribution < -0.4 is 0 Å². The Labute approximate surface area is 106 Å². The van der Waals surface area contributed by atoms with E-state index in [1.54, 1.807) is 0 Å². The van der Waals surface area contributed by atoms with Gasteiger partial charge in [-0.3, -0.25) is 4.79 Å². The molecule has 0 atom stereocenters. The molecule has 2 heterocycles. The highest BCUT2D eigenvalue weighted by Gasteiger charge is 2.39. The predicted octanol–water partition coefficient (Wildman–Crippen LogP) is 2.37. The molecule has 0 saturated carbocycles. The summed E-state index contributed by atoms with van der Waals surface area (Å²) in [5.41, 5.74) is 0.356. The molecule has 3 heteroatoms. The molecule has 0 radical (unpaired) electrons. The fraction of sp³-hybridized carbons (Fsp3) is 0.929. The van der Waals surface area contributed by atoms with Gasteiger partial charge in [0.1, 0.15) is 0 Å². The molecule has 2 saturated heterocycles. The number of hydrogen-bond acceptors (Lipinski definition) is 2. The van der Waals surface area contributed by atoms with Crippen molar-refractivity contribution in [3.05, 3.63) is 0 Å². The van der Waals surface area contributed by atoms with Crippen molar-refractivity contribution >= 4 is 5.91 Å². The van der Waals surface area contributed by atoms with E-state index < -0.39 is 0 Å². The first-order valence-electron chi connectivity index (χ1n) is 7.11. The Morgan fingerprint density at radius 2 is 1.65 bits per heavy atom. The minimum Gasteiger partial charge on any atom is -0.343 e. The van der Waals surface area contributed by atoms with Crippen LogP contribution in [0.3, 0.4) is 0 Å². The van der Waals surface area contributed by atoms with Gasteiger partial charge in [-0.25, -0.2) is 0 Å². The van der Waals surface area contributed by atoms with E-state index in [0.29, 0.717) is 11.3 Å². The summed E-state index contributed by atoms with van der Waals surface area (Å²) in [6.45, 7) is 10.3. The van der Waals surface area contributed by atoms with E-state index in [2.05, 4.69) is 18.9 Å². The van der Waals surface area contributed by atoms with Crippen molar-refractivity contribution < 1.29 is 4.79 Å². The van der Waals surface area contributed by atoms with Gasteiger partial charge < -0.3 is 9.80 Å². The van der Waals surface area contributed by atoms with E-state index in [9.17, 15) is 4.79 Å². The molecule has 0 aliphatic carbocycles. The molecule has 0 aromatic heterocycles. The number of amides is 1. The number of rotatable bonds is 1. The van der Waals surface area contributed by atoms with Gasteiger partial charge >= 0.3 is 0 Å². The first-order valence-corrected chi connectivity index (χ1v) is 7.11. The highest BCUT2D eigenvalue weighted by molar-refractivity contribution is 5.77. The first kappa shape index (κ1) is 14.5. The van der Waals surface area contributed by atoms with E-state index in [0.717, 1.165) is 19.5 Å². The van der Waals surface area contributed by atoms with E-state index in [1.807, 2.05) is 18.7 Å². The highest BCUT2D eigenvalue weighted by Crippen LogP contribution is 2.41. The number of hydrogen-bond donors (Lipinski definition) is 0. The Morgan fingerprint density at radius 1 is 1.12 bits per heavy atom. The van der Waals surface area contributed by atoms with Crippen molar-refractivity contribution in [3.63, 3.8) is 0 Å². The van der Waals surface area contributed by atoms with Gasteiger partial charge in [0.05, 0.1) is 0 Å². The number of likely N-dealkylation sites (tertiary alicyclic amines) is 2. The zero-order valence-electron chi connectivity index (χ0n) is 12.0. The Kier molecular flexibility index (Phi) is 5.44. The van der Waals surface area contributed by atoms with Gasteiger partial charge in [-0.1, -0.05) is 13.8 Å². The van der Waals surface area contributed by atoms with Crippen molar-refractivity contribution in [1.29, 1.82) is 0 Å². The molecule has 0 aromatic carbocycles. The summed E-state index contributed by atoms with van der Waals surface area (Å²) in [7, 11) is 2.18. The Morgan fingerprint density at radius 3 is 2.12 bits per heavy atom. The molecule has 0 N–H and O–H groups in total. The minimum atomic E-state index is 0.356. The number of carbonyl (C=O) groups excluding carboxylic acids is 1. The summed E-state index contributed by atoms with van der Waals surface area (Å²) in [4.78, 5) is 16.3. The molecule has 0 bridgehead atoms. The van der Waals surface area contributed by atoms with Crippen molar-refractivity contribution in [2.75, 3.05) is 33.2 Å². The van der Waals surface area contributed by atoms with E-state index in [1.165, 1.54) is 32.4 Å². The molecular weight excluding hydrogens is 212 g/mol. The maximum atomic E-state index is 11.9. The molecule has 0 aromatic rings. The molecule has 0 unspecified atom stereocenters. The molecule has 100 valence electrons. The van der Waals surface area contributed by atoms with Crippen LogP contribution in [0.4, 0.5) is 0 Å². The molecule has 17 heavy (non-hydrogen) atoms. The lowest BCUT2D eigenvalue weighted by Gasteiger charge is -2.45. The van der Waals surface area contributed by atoms with Crippen LogP contribution in [-0.2, 0) is 4.79 Å². The zero-order valence-corrected chi connectivity index (χ0v) is 12.0. The van der Waals surface area contributed by atoms with Crippen molar-refractivity contribution in [3.8, 4) is 0 Å². The molecule has 2 fully saturated rings. The quantitative estimate of drug-likeness (QED) is 0.702. The van der Waals surface area contributed by atoms with E-state index in [4.69, 9.17) is 0 Å². The second kappa shape index (κ2) is 6.39. The van der Waals surface area contributed by atoms with Crippen molar-refractivity contribution in [2.24, 2.45) is 5.41 Å². The van der Waals surface area contributed by atoms with Crippen LogP contribution in [-0.4, -0.2) is 48.9 Å². The van der Waals surface area contributed by atoms with Crippen LogP contribution in [0.5, 0.6) is 0 Å². The van der Waals surface area contributed by atoms with Crippen LogP contribution in [0.1, 0.15) is 46.5 Å². The predicted molar refractivity (Wildman–Crippen MR) is 72.0 cm³/mol. The average Bonchev–Trinajstić information content (AvgIpc) is 2.36. The van der Waals surface area contributed by atoms with Crippen molar-refractivity contribution in [2.45, 2.75) is 46.5 Å². The van der Waals surface area contributed by atoms with Gasteiger partial charge in [0.2, 0.25) is 5.91 Å². The fourth-order valence-corrected chi connectivity index (χ4v) is 2.87. The lowest BCUT2D eigenvalue weighted by Crippen LogP contribution is -2.48. The monoisotopic (exact) mass is 240 g/mol. The molecule has 1 spiro atoms. The molecule has 2 aliphatic heterocycles. The van der Waals surface area contributed by atoms with Crippen LogP contribution in [0, 0.1) is 5.41 Å². The minimum absolute atomic E-state index is 0.356. The normalized spacial score (nSPS) is 24.5. The molecule has 2 aliphatic rings. The van der Waals surface area contributed by atoms with E-state index in [-0.39, 0.29) is 0 Å². The van der Waals surface area contributed by atoms with Gasteiger partial charge in [-0.05, 0) is 51.7 Å². The Balaban J connectivity index is 0.000000686. The van der Waals surface area contributed by atoms with E-state index >= 15 is 0 Å². The SMILES string of the molecule is CC.CCN1CCC2(CCN(C)CC2)CC1=O. The van der Waals surface area contributed by atoms with Gasteiger partial charge in [0, 0.05) is 19.5 Å². The van der Waals surface area contributed by atoms with Gasteiger partial charge in [-0.2, -0.15) is 0 Å². The summed E-state index contributed by atoms with van der Waals surface area (Å²) >= 11 is 0. The second-order valence-corrected chi connectivity index (χ2v) is 5.20. The first-order chi connectivity index (χ1) is 8.15. The summed E-state index contributed by atoms with van der Waals surface area (Å²) in [5.74, 6) is 0.383. The maximum Gasteiger partial charge on any atom is 0.223 e. The van der Waals surface area contributed by atoms with Crippen LogP contribution in [0.2, 0.25) is 0 Å². The maximum absolute atomic E-state index is 11.9. The van der Waals surface area contributed by atoms with Gasteiger partial charge in [0.25, 0.3) is 0 Å². The summed E-state index contributed by atoms with van der Waals surface area (Å²) < 4.78 is 0. The van der Waals surface area contributed by atoms with Crippen LogP contribution in [0.15, 0.2) is 0 Å². The molecule has 3 nitrogen and oxygen atoms in total. The second-order valence-electron chi connectivity index (χ2n) is 5.20. The zero-order chi connectivity index (χ0) is 12.9. The third-order valence-corrected chi connectivity index (χ3v) is 4.22. The Hall–Kier alpha value is -0.570. The average molecular weight is 240 g/mol. The fourth-order valence-electron chi connectivity index (χ4n) is 2.87. The van der Waals surface area contributed by atoms with Crippen molar-refractivity contribution in [1.82, 2.24) is 9.80 Å². The van der Waals surface area contributed by atoms with Crippen LogP contribution in [0.25, 0.3) is 0 Å². The summed E-state index contributed by atoms with van der Waals surface area (Å²) in [5, 5.41) is 0. The smallest absolute Gasteiger partial charge is 0.223 e. The number of carbonyl (C=O) groups is 1. The third kappa shape index (κ3) is 3.44.